The molecule has 0 aromatic heterocycles. The van der Waals surface area contributed by atoms with Gasteiger partial charge in [0.05, 0.1) is 11.8 Å². The van der Waals surface area contributed by atoms with Crippen molar-refractivity contribution in [2.45, 2.75) is 33.2 Å². The molecule has 0 fully saturated rings. The van der Waals surface area contributed by atoms with Crippen LogP contribution in [0.3, 0.4) is 0 Å². The van der Waals surface area contributed by atoms with Gasteiger partial charge in [0.25, 0.3) is 0 Å². The van der Waals surface area contributed by atoms with E-state index in [2.05, 4.69) is 10.0 Å². The molecule has 0 aliphatic carbocycles. The lowest BCUT2D eigenvalue weighted by Gasteiger charge is -2.15. The third-order valence-electron chi connectivity index (χ3n) is 2.05. The Kier molecular flexibility index (Phi) is 7.33. The lowest BCUT2D eigenvalue weighted by atomic mass is 10.2. The molecular weight excluding hydrogens is 242 g/mol. The molecule has 0 aromatic carbocycles. The summed E-state index contributed by atoms with van der Waals surface area (Å²) in [4.78, 5) is 11.5. The van der Waals surface area contributed by atoms with Crippen LogP contribution < -0.4 is 15.8 Å². The van der Waals surface area contributed by atoms with E-state index in [1.54, 1.807) is 0 Å². The second-order valence-electron chi connectivity index (χ2n) is 4.44. The average molecular weight is 265 g/mol. The summed E-state index contributed by atoms with van der Waals surface area (Å²) in [5, 5.41) is 2.67. The number of rotatable bonds is 8. The summed E-state index contributed by atoms with van der Waals surface area (Å²) in [5.74, 6) is -0.0271. The molecule has 0 spiro atoms. The van der Waals surface area contributed by atoms with Crippen LogP contribution in [0.25, 0.3) is 0 Å². The zero-order chi connectivity index (χ0) is 13.5. The largest absolute Gasteiger partial charge is 0.354 e. The predicted molar refractivity (Wildman–Crippen MR) is 67.9 cm³/mol. The molecule has 0 aliphatic rings. The Hall–Kier alpha value is -0.660. The first-order valence-electron chi connectivity index (χ1n) is 5.76. The molecule has 0 heterocycles. The quantitative estimate of drug-likeness (QED) is 0.546. The van der Waals surface area contributed by atoms with Gasteiger partial charge in [0.2, 0.25) is 15.9 Å². The van der Waals surface area contributed by atoms with E-state index in [1.165, 1.54) is 6.92 Å². The van der Waals surface area contributed by atoms with Crippen LogP contribution in [-0.4, -0.2) is 39.2 Å². The van der Waals surface area contributed by atoms with Gasteiger partial charge in [-0.05, 0) is 25.8 Å². The Balaban J connectivity index is 4.15. The van der Waals surface area contributed by atoms with Crippen LogP contribution in [0.2, 0.25) is 0 Å². The van der Waals surface area contributed by atoms with E-state index in [0.29, 0.717) is 25.4 Å². The third kappa shape index (κ3) is 8.12. The van der Waals surface area contributed by atoms with Gasteiger partial charge in [-0.1, -0.05) is 13.8 Å². The number of hydrogen-bond acceptors (Lipinski definition) is 4. The van der Waals surface area contributed by atoms with Crippen LogP contribution in [0.5, 0.6) is 0 Å². The van der Waals surface area contributed by atoms with E-state index in [9.17, 15) is 13.2 Å². The van der Waals surface area contributed by atoms with Gasteiger partial charge in [0.1, 0.15) is 0 Å². The van der Waals surface area contributed by atoms with Crippen LogP contribution in [0.4, 0.5) is 0 Å². The van der Waals surface area contributed by atoms with Gasteiger partial charge in [-0.3, -0.25) is 4.79 Å². The van der Waals surface area contributed by atoms with Crippen molar-refractivity contribution in [2.75, 3.05) is 18.8 Å². The molecule has 1 atom stereocenters. The monoisotopic (exact) mass is 265 g/mol. The van der Waals surface area contributed by atoms with E-state index >= 15 is 0 Å². The smallest absolute Gasteiger partial charge is 0.237 e. The molecule has 0 aliphatic heterocycles. The number of hydrogen-bond donors (Lipinski definition) is 3. The molecule has 6 nitrogen and oxygen atoms in total. The lowest BCUT2D eigenvalue weighted by Crippen LogP contribution is -2.46. The minimum atomic E-state index is -3.42. The zero-order valence-corrected chi connectivity index (χ0v) is 11.5. The van der Waals surface area contributed by atoms with E-state index in [1.807, 2.05) is 13.8 Å². The summed E-state index contributed by atoms with van der Waals surface area (Å²) in [5.41, 5.74) is 5.24. The maximum absolute atomic E-state index is 11.5. The van der Waals surface area contributed by atoms with Crippen LogP contribution in [0, 0.1) is 5.92 Å². The van der Waals surface area contributed by atoms with Crippen molar-refractivity contribution in [3.05, 3.63) is 0 Å². The van der Waals surface area contributed by atoms with Gasteiger partial charge in [0, 0.05) is 6.54 Å². The Bertz CT molecular complexity index is 328. The van der Waals surface area contributed by atoms with Crippen molar-refractivity contribution >= 4 is 15.9 Å². The Morgan fingerprint density at radius 2 is 1.88 bits per heavy atom. The summed E-state index contributed by atoms with van der Waals surface area (Å²) in [6.07, 6.45) is 0.385. The molecule has 1 unspecified atom stereocenters. The van der Waals surface area contributed by atoms with Gasteiger partial charge in [0.15, 0.2) is 0 Å². The standard InChI is InChI=1S/C10H23N3O3S/c1-8(2)7-12-10(14)9(3)13-17(15,16)6-4-5-11/h8-9,13H,4-7,11H2,1-3H3,(H,12,14). The number of amides is 1. The summed E-state index contributed by atoms with van der Waals surface area (Å²) in [6, 6.07) is -0.753. The number of nitrogens with one attached hydrogen (secondary N) is 2. The zero-order valence-electron chi connectivity index (χ0n) is 10.7. The first kappa shape index (κ1) is 16.3. The van der Waals surface area contributed by atoms with Crippen molar-refractivity contribution in [3.63, 3.8) is 0 Å². The highest BCUT2D eigenvalue weighted by Crippen LogP contribution is 1.94. The van der Waals surface area contributed by atoms with Gasteiger partial charge in [-0.15, -0.1) is 0 Å². The lowest BCUT2D eigenvalue weighted by molar-refractivity contribution is -0.122. The molecule has 0 rings (SSSR count). The maximum atomic E-state index is 11.5. The van der Waals surface area contributed by atoms with Crippen molar-refractivity contribution < 1.29 is 13.2 Å². The summed E-state index contributed by atoms with van der Waals surface area (Å²) < 4.78 is 25.3. The highest BCUT2D eigenvalue weighted by molar-refractivity contribution is 7.89. The van der Waals surface area contributed by atoms with E-state index in [0.717, 1.165) is 0 Å². The molecule has 0 aromatic rings. The van der Waals surface area contributed by atoms with Gasteiger partial charge < -0.3 is 11.1 Å². The minimum absolute atomic E-state index is 0.0503. The molecule has 7 heteroatoms. The topological polar surface area (TPSA) is 101 Å². The molecule has 17 heavy (non-hydrogen) atoms. The van der Waals surface area contributed by atoms with Crippen LogP contribution >= 0.6 is 0 Å². The normalized spacial score (nSPS) is 13.7. The van der Waals surface area contributed by atoms with E-state index < -0.39 is 16.1 Å². The fraction of sp³-hybridized carbons (Fsp3) is 0.900. The summed E-state index contributed by atoms with van der Waals surface area (Å²) in [6.45, 7) is 6.31. The summed E-state index contributed by atoms with van der Waals surface area (Å²) in [7, 11) is -3.42. The fourth-order valence-corrected chi connectivity index (χ4v) is 2.42. The number of carbonyl (C=O) groups excluding carboxylic acids is 1. The van der Waals surface area contributed by atoms with E-state index in [-0.39, 0.29) is 11.7 Å². The third-order valence-corrected chi connectivity index (χ3v) is 3.59. The van der Waals surface area contributed by atoms with Crippen LogP contribution in [-0.2, 0) is 14.8 Å². The molecule has 0 saturated heterocycles. The first-order chi connectivity index (χ1) is 7.78. The van der Waals surface area contributed by atoms with Crippen molar-refractivity contribution in [1.29, 1.82) is 0 Å². The highest BCUT2D eigenvalue weighted by Gasteiger charge is 2.19. The molecule has 102 valence electrons. The molecular formula is C10H23N3O3S. The fourth-order valence-electron chi connectivity index (χ4n) is 1.11. The average Bonchev–Trinajstić information content (AvgIpc) is 2.22. The molecule has 0 radical (unpaired) electrons. The Labute approximate surface area is 103 Å². The van der Waals surface area contributed by atoms with E-state index in [4.69, 9.17) is 5.73 Å². The number of carbonyl (C=O) groups is 1. The number of nitrogens with two attached hydrogens (primary N) is 1. The van der Waals surface area contributed by atoms with Crippen molar-refractivity contribution in [2.24, 2.45) is 11.7 Å². The SMILES string of the molecule is CC(C)CNC(=O)C(C)NS(=O)(=O)CCCN. The first-order valence-corrected chi connectivity index (χ1v) is 7.41. The van der Waals surface area contributed by atoms with Gasteiger partial charge in [-0.25, -0.2) is 13.1 Å². The van der Waals surface area contributed by atoms with Crippen LogP contribution in [0.1, 0.15) is 27.2 Å². The maximum Gasteiger partial charge on any atom is 0.237 e. The molecule has 1 amide bonds. The second-order valence-corrected chi connectivity index (χ2v) is 6.31. The Morgan fingerprint density at radius 3 is 2.35 bits per heavy atom. The van der Waals surface area contributed by atoms with Crippen molar-refractivity contribution in [1.82, 2.24) is 10.0 Å². The van der Waals surface area contributed by atoms with Crippen LogP contribution in [0.15, 0.2) is 0 Å². The van der Waals surface area contributed by atoms with Crippen molar-refractivity contribution in [3.8, 4) is 0 Å². The second kappa shape index (κ2) is 7.62. The number of sulfonamides is 1. The molecule has 0 bridgehead atoms. The Morgan fingerprint density at radius 1 is 1.29 bits per heavy atom. The van der Waals surface area contributed by atoms with Gasteiger partial charge in [-0.2, -0.15) is 0 Å². The molecule has 0 saturated carbocycles. The predicted octanol–water partition coefficient (Wildman–Crippen LogP) is -0.585. The highest BCUT2D eigenvalue weighted by atomic mass is 32.2. The summed E-state index contributed by atoms with van der Waals surface area (Å²) >= 11 is 0. The minimum Gasteiger partial charge on any atom is -0.354 e. The molecule has 4 N–H and O–H groups in total. The van der Waals surface area contributed by atoms with Gasteiger partial charge >= 0.3 is 0 Å².